The summed E-state index contributed by atoms with van der Waals surface area (Å²) in [4.78, 5) is 13.2. The number of aryl methyl sites for hydroxylation is 1. The zero-order valence-electron chi connectivity index (χ0n) is 12.9. The number of aromatic hydroxyl groups is 1. The van der Waals surface area contributed by atoms with Gasteiger partial charge >= 0.3 is 0 Å². The predicted octanol–water partition coefficient (Wildman–Crippen LogP) is 1.46. The van der Waals surface area contributed by atoms with Gasteiger partial charge in [0, 0.05) is 49.7 Å². The fraction of sp³-hybridized carbons (Fsp3) is 0.312. The van der Waals surface area contributed by atoms with Gasteiger partial charge in [0.15, 0.2) is 0 Å². The number of phenols is 1. The van der Waals surface area contributed by atoms with Gasteiger partial charge in [-0.3, -0.25) is 0 Å². The molecule has 0 atom stereocenters. The van der Waals surface area contributed by atoms with Crippen molar-refractivity contribution < 1.29 is 5.11 Å². The van der Waals surface area contributed by atoms with Gasteiger partial charge in [0.05, 0.1) is 0 Å². The molecule has 1 aliphatic rings. The Hall–Kier alpha value is -2.83. The quantitative estimate of drug-likeness (QED) is 0.773. The molecule has 0 saturated carbocycles. The van der Waals surface area contributed by atoms with E-state index in [4.69, 9.17) is 0 Å². The van der Waals surface area contributed by atoms with E-state index in [1.807, 2.05) is 31.2 Å². The third-order valence-electron chi connectivity index (χ3n) is 4.16. The largest absolute Gasteiger partial charge is 0.508 e. The zero-order valence-corrected chi connectivity index (χ0v) is 12.9. The summed E-state index contributed by atoms with van der Waals surface area (Å²) >= 11 is 0. The summed E-state index contributed by atoms with van der Waals surface area (Å²) in [5.74, 6) is 1.97. The molecule has 2 aromatic heterocycles. The maximum absolute atomic E-state index is 9.64. The van der Waals surface area contributed by atoms with Crippen LogP contribution in [0.5, 0.6) is 5.75 Å². The summed E-state index contributed by atoms with van der Waals surface area (Å²) in [5, 5.41) is 13.9. The summed E-state index contributed by atoms with van der Waals surface area (Å²) in [6.07, 6.45) is 1.54. The molecule has 0 bridgehead atoms. The van der Waals surface area contributed by atoms with Crippen molar-refractivity contribution in [1.82, 2.24) is 19.6 Å². The highest BCUT2D eigenvalue weighted by Gasteiger charge is 2.20. The molecule has 7 nitrogen and oxygen atoms in total. The lowest BCUT2D eigenvalue weighted by molar-refractivity contribution is 0.475. The van der Waals surface area contributed by atoms with E-state index < -0.39 is 0 Å². The number of anilines is 2. The summed E-state index contributed by atoms with van der Waals surface area (Å²) in [5.41, 5.74) is 2.00. The maximum Gasteiger partial charge on any atom is 0.254 e. The lowest BCUT2D eigenvalue weighted by Crippen LogP contribution is -2.47. The van der Waals surface area contributed by atoms with E-state index in [-0.39, 0.29) is 0 Å². The van der Waals surface area contributed by atoms with Crippen LogP contribution in [0.3, 0.4) is 0 Å². The lowest BCUT2D eigenvalue weighted by atomic mass is 10.2. The fourth-order valence-electron chi connectivity index (χ4n) is 3.02. The summed E-state index contributed by atoms with van der Waals surface area (Å²) in [7, 11) is 0. The highest BCUT2D eigenvalue weighted by molar-refractivity contribution is 5.53. The first-order chi connectivity index (χ1) is 11.2. The van der Waals surface area contributed by atoms with Crippen LogP contribution in [0.4, 0.5) is 11.5 Å². The number of phenolic OH excluding ortho intramolecular Hbond substituents is 1. The molecule has 0 amide bonds. The molecule has 3 heterocycles. The smallest absolute Gasteiger partial charge is 0.254 e. The van der Waals surface area contributed by atoms with Gasteiger partial charge in [-0.1, -0.05) is 6.07 Å². The average Bonchev–Trinajstić information content (AvgIpc) is 3.02. The minimum absolute atomic E-state index is 0.305. The molecule has 0 aliphatic carbocycles. The highest BCUT2D eigenvalue weighted by Crippen LogP contribution is 2.23. The van der Waals surface area contributed by atoms with Crippen molar-refractivity contribution in [2.45, 2.75) is 6.92 Å². The molecule has 1 aliphatic heterocycles. The van der Waals surface area contributed by atoms with Crippen molar-refractivity contribution >= 4 is 17.3 Å². The second-order valence-electron chi connectivity index (χ2n) is 5.72. The van der Waals surface area contributed by atoms with E-state index in [1.165, 1.54) is 6.33 Å². The second-order valence-corrected chi connectivity index (χ2v) is 5.72. The summed E-state index contributed by atoms with van der Waals surface area (Å²) < 4.78 is 1.79. The molecular formula is C16H18N6O. The summed E-state index contributed by atoms with van der Waals surface area (Å²) in [6, 6.07) is 9.46. The van der Waals surface area contributed by atoms with Crippen LogP contribution in [-0.4, -0.2) is 50.9 Å². The van der Waals surface area contributed by atoms with E-state index in [0.29, 0.717) is 11.5 Å². The SMILES string of the molecule is Cc1cc(N2CCN(c3cccc(O)c3)CC2)n2ncnc2n1. The first-order valence-corrected chi connectivity index (χ1v) is 7.67. The first kappa shape index (κ1) is 13.8. The van der Waals surface area contributed by atoms with Gasteiger partial charge in [-0.2, -0.15) is 14.6 Å². The van der Waals surface area contributed by atoms with E-state index >= 15 is 0 Å². The minimum Gasteiger partial charge on any atom is -0.508 e. The molecular weight excluding hydrogens is 292 g/mol. The normalized spacial score (nSPS) is 15.3. The van der Waals surface area contributed by atoms with Gasteiger partial charge in [-0.15, -0.1) is 0 Å². The molecule has 0 spiro atoms. The number of hydrogen-bond donors (Lipinski definition) is 1. The van der Waals surface area contributed by atoms with Gasteiger partial charge in [0.1, 0.15) is 17.9 Å². The number of aromatic nitrogens is 4. The molecule has 7 heteroatoms. The number of fused-ring (bicyclic) bond motifs is 1. The van der Waals surface area contributed by atoms with Crippen molar-refractivity contribution in [3.8, 4) is 5.75 Å². The molecule has 1 saturated heterocycles. The molecule has 0 unspecified atom stereocenters. The van der Waals surface area contributed by atoms with Crippen molar-refractivity contribution in [3.63, 3.8) is 0 Å². The van der Waals surface area contributed by atoms with Crippen LogP contribution in [0.2, 0.25) is 0 Å². The Morgan fingerprint density at radius 1 is 1.04 bits per heavy atom. The first-order valence-electron chi connectivity index (χ1n) is 7.67. The Morgan fingerprint density at radius 2 is 1.83 bits per heavy atom. The van der Waals surface area contributed by atoms with Crippen LogP contribution in [0.25, 0.3) is 5.78 Å². The average molecular weight is 310 g/mol. The molecule has 0 radical (unpaired) electrons. The molecule has 118 valence electrons. The Kier molecular flexibility index (Phi) is 3.25. The number of piperazine rings is 1. The van der Waals surface area contributed by atoms with Crippen LogP contribution >= 0.6 is 0 Å². The molecule has 1 fully saturated rings. The van der Waals surface area contributed by atoms with Gasteiger partial charge < -0.3 is 14.9 Å². The number of benzene rings is 1. The van der Waals surface area contributed by atoms with E-state index in [9.17, 15) is 5.11 Å². The van der Waals surface area contributed by atoms with Crippen LogP contribution < -0.4 is 9.80 Å². The van der Waals surface area contributed by atoms with Crippen LogP contribution in [0, 0.1) is 6.92 Å². The third-order valence-corrected chi connectivity index (χ3v) is 4.16. The number of rotatable bonds is 2. The summed E-state index contributed by atoms with van der Waals surface area (Å²) in [6.45, 7) is 5.52. The Morgan fingerprint density at radius 3 is 2.61 bits per heavy atom. The molecule has 1 N–H and O–H groups in total. The van der Waals surface area contributed by atoms with Crippen molar-refractivity contribution in [2.75, 3.05) is 36.0 Å². The van der Waals surface area contributed by atoms with Crippen molar-refractivity contribution in [1.29, 1.82) is 0 Å². The van der Waals surface area contributed by atoms with E-state index in [1.54, 1.807) is 10.6 Å². The maximum atomic E-state index is 9.64. The van der Waals surface area contributed by atoms with Gasteiger partial charge in [0.2, 0.25) is 0 Å². The van der Waals surface area contributed by atoms with E-state index in [0.717, 1.165) is 43.4 Å². The lowest BCUT2D eigenvalue weighted by Gasteiger charge is -2.37. The standard InChI is InChI=1S/C16H18N6O/c1-12-9-15(22-16(19-12)17-11-18-22)21-7-5-20(6-8-21)13-3-2-4-14(23)10-13/h2-4,9-11,23H,5-8H2,1H3. The van der Waals surface area contributed by atoms with Crippen molar-refractivity contribution in [2.24, 2.45) is 0 Å². The molecule has 1 aromatic carbocycles. The highest BCUT2D eigenvalue weighted by atomic mass is 16.3. The molecule has 4 rings (SSSR count). The zero-order chi connectivity index (χ0) is 15.8. The van der Waals surface area contributed by atoms with Crippen LogP contribution in [-0.2, 0) is 0 Å². The number of hydrogen-bond acceptors (Lipinski definition) is 6. The molecule has 23 heavy (non-hydrogen) atoms. The monoisotopic (exact) mass is 310 g/mol. The fourth-order valence-corrected chi connectivity index (χ4v) is 3.02. The van der Waals surface area contributed by atoms with Gasteiger partial charge in [0.25, 0.3) is 5.78 Å². The van der Waals surface area contributed by atoms with Crippen LogP contribution in [0.15, 0.2) is 36.7 Å². The topological polar surface area (TPSA) is 69.8 Å². The van der Waals surface area contributed by atoms with E-state index in [2.05, 4.69) is 24.9 Å². The second kappa shape index (κ2) is 5.42. The Balaban J connectivity index is 1.56. The third kappa shape index (κ3) is 2.54. The minimum atomic E-state index is 0.305. The van der Waals surface area contributed by atoms with Crippen molar-refractivity contribution in [3.05, 3.63) is 42.4 Å². The van der Waals surface area contributed by atoms with Gasteiger partial charge in [-0.05, 0) is 19.1 Å². The predicted molar refractivity (Wildman–Crippen MR) is 88.1 cm³/mol. The molecule has 3 aromatic rings. The van der Waals surface area contributed by atoms with Crippen LogP contribution in [0.1, 0.15) is 5.69 Å². The Labute approximate surface area is 133 Å². The number of nitrogens with zero attached hydrogens (tertiary/aromatic N) is 6. The Bertz CT molecular complexity index is 837. The van der Waals surface area contributed by atoms with Gasteiger partial charge in [-0.25, -0.2) is 4.98 Å².